The topological polar surface area (TPSA) is 17.1 Å². The Labute approximate surface area is 62.1 Å². The van der Waals surface area contributed by atoms with E-state index in [0.717, 1.165) is 12.0 Å². The summed E-state index contributed by atoms with van der Waals surface area (Å²) in [5, 5.41) is 0. The Bertz CT molecular complexity index is 179. The van der Waals surface area contributed by atoms with Crippen LogP contribution in [0.15, 0.2) is 11.6 Å². The maximum atomic E-state index is 11.3. The molecule has 0 saturated heterocycles. The Morgan fingerprint density at radius 3 is 2.60 bits per heavy atom. The molecule has 0 spiro atoms. The second kappa shape index (κ2) is 2.57. The molecule has 0 aromatic rings. The van der Waals surface area contributed by atoms with E-state index in [-0.39, 0.29) is 5.92 Å². The summed E-state index contributed by atoms with van der Waals surface area (Å²) in [4.78, 5) is 11.3. The van der Waals surface area contributed by atoms with Gasteiger partial charge in [0.25, 0.3) is 0 Å². The third kappa shape index (κ3) is 1.13. The Morgan fingerprint density at radius 1 is 1.50 bits per heavy atom. The predicted octanol–water partition coefficient (Wildman–Crippen LogP) is 2.18. The summed E-state index contributed by atoms with van der Waals surface area (Å²) in [6.07, 6.45) is 3.12. The summed E-state index contributed by atoms with van der Waals surface area (Å²) < 4.78 is 0. The fourth-order valence-corrected chi connectivity index (χ4v) is 1.28. The standard InChI is InChI=1S/C9H14O/c1-6-4-5-7(2)9(10)8(6)3/h5-6,8H,4H2,1-3H3/t6-,8-/m1/s1. The Kier molecular flexibility index (Phi) is 1.93. The van der Waals surface area contributed by atoms with E-state index in [0.29, 0.717) is 11.7 Å². The van der Waals surface area contributed by atoms with Gasteiger partial charge in [0.05, 0.1) is 0 Å². The Morgan fingerprint density at radius 2 is 2.10 bits per heavy atom. The maximum absolute atomic E-state index is 11.3. The molecule has 2 atom stereocenters. The van der Waals surface area contributed by atoms with Crippen molar-refractivity contribution in [1.82, 2.24) is 0 Å². The molecule has 0 unspecified atom stereocenters. The van der Waals surface area contributed by atoms with Gasteiger partial charge in [-0.2, -0.15) is 0 Å². The van der Waals surface area contributed by atoms with Crippen molar-refractivity contribution >= 4 is 5.78 Å². The lowest BCUT2D eigenvalue weighted by atomic mass is 9.81. The first-order chi connectivity index (χ1) is 4.63. The van der Waals surface area contributed by atoms with Crippen LogP contribution in [-0.4, -0.2) is 5.78 Å². The van der Waals surface area contributed by atoms with Crippen LogP contribution >= 0.6 is 0 Å². The van der Waals surface area contributed by atoms with Crippen molar-refractivity contribution in [2.24, 2.45) is 11.8 Å². The third-order valence-electron chi connectivity index (χ3n) is 2.45. The van der Waals surface area contributed by atoms with Crippen LogP contribution in [0.1, 0.15) is 27.2 Å². The van der Waals surface area contributed by atoms with Gasteiger partial charge in [-0.05, 0) is 24.8 Å². The van der Waals surface area contributed by atoms with Gasteiger partial charge in [-0.3, -0.25) is 4.79 Å². The molecule has 0 aromatic heterocycles. The number of carbonyl (C=O) groups is 1. The van der Waals surface area contributed by atoms with Gasteiger partial charge in [-0.1, -0.05) is 19.9 Å². The molecular formula is C9H14O. The molecule has 56 valence electrons. The minimum absolute atomic E-state index is 0.241. The zero-order chi connectivity index (χ0) is 7.72. The van der Waals surface area contributed by atoms with E-state index in [1.165, 1.54) is 0 Å². The Hall–Kier alpha value is -0.590. The van der Waals surface area contributed by atoms with Gasteiger partial charge in [0, 0.05) is 5.92 Å². The minimum atomic E-state index is 0.241. The molecule has 0 aliphatic heterocycles. The minimum Gasteiger partial charge on any atom is -0.294 e. The molecule has 0 N–H and O–H groups in total. The van der Waals surface area contributed by atoms with E-state index in [1.54, 1.807) is 0 Å². The highest BCUT2D eigenvalue weighted by Crippen LogP contribution is 2.25. The molecule has 0 radical (unpaired) electrons. The monoisotopic (exact) mass is 138 g/mol. The van der Waals surface area contributed by atoms with Gasteiger partial charge in [0.2, 0.25) is 0 Å². The zero-order valence-electron chi connectivity index (χ0n) is 6.85. The molecule has 0 heterocycles. The average Bonchev–Trinajstić information content (AvgIpc) is 1.93. The summed E-state index contributed by atoms with van der Waals surface area (Å²) in [5.74, 6) is 1.11. The molecule has 1 heteroatoms. The lowest BCUT2D eigenvalue weighted by Gasteiger charge is -2.22. The largest absolute Gasteiger partial charge is 0.294 e. The number of rotatable bonds is 0. The zero-order valence-corrected chi connectivity index (χ0v) is 6.85. The first-order valence-electron chi connectivity index (χ1n) is 3.84. The molecule has 0 amide bonds. The van der Waals surface area contributed by atoms with E-state index < -0.39 is 0 Å². The SMILES string of the molecule is CC1=CC[C@@H](C)[C@@H](C)C1=O. The normalized spacial score (nSPS) is 33.9. The van der Waals surface area contributed by atoms with Gasteiger partial charge < -0.3 is 0 Å². The van der Waals surface area contributed by atoms with Crippen LogP contribution in [0.25, 0.3) is 0 Å². The highest BCUT2D eigenvalue weighted by Gasteiger charge is 2.24. The van der Waals surface area contributed by atoms with Crippen LogP contribution in [0.4, 0.5) is 0 Å². The molecule has 1 aliphatic rings. The van der Waals surface area contributed by atoms with Crippen LogP contribution in [0.3, 0.4) is 0 Å². The van der Waals surface area contributed by atoms with Crippen LogP contribution in [0, 0.1) is 11.8 Å². The van der Waals surface area contributed by atoms with Crippen LogP contribution in [-0.2, 0) is 4.79 Å². The molecule has 1 aliphatic carbocycles. The second-order valence-corrected chi connectivity index (χ2v) is 3.25. The number of Topliss-reactive ketones (excluding diaryl/α,β-unsaturated/α-hetero) is 1. The van der Waals surface area contributed by atoms with Gasteiger partial charge in [0.1, 0.15) is 0 Å². The summed E-state index contributed by atoms with van der Waals surface area (Å²) in [6.45, 7) is 6.06. The van der Waals surface area contributed by atoms with E-state index in [1.807, 2.05) is 19.9 Å². The molecular weight excluding hydrogens is 124 g/mol. The number of carbonyl (C=O) groups excluding carboxylic acids is 1. The van der Waals surface area contributed by atoms with E-state index in [2.05, 4.69) is 6.92 Å². The van der Waals surface area contributed by atoms with Crippen molar-refractivity contribution in [1.29, 1.82) is 0 Å². The van der Waals surface area contributed by atoms with E-state index >= 15 is 0 Å². The number of hydrogen-bond donors (Lipinski definition) is 0. The molecule has 10 heavy (non-hydrogen) atoms. The molecule has 0 aromatic carbocycles. The first-order valence-corrected chi connectivity index (χ1v) is 3.84. The van der Waals surface area contributed by atoms with E-state index in [4.69, 9.17) is 0 Å². The summed E-state index contributed by atoms with van der Waals surface area (Å²) >= 11 is 0. The van der Waals surface area contributed by atoms with Crippen LogP contribution < -0.4 is 0 Å². The molecule has 0 bridgehead atoms. The maximum Gasteiger partial charge on any atom is 0.161 e. The van der Waals surface area contributed by atoms with E-state index in [9.17, 15) is 4.79 Å². The van der Waals surface area contributed by atoms with Crippen molar-refractivity contribution < 1.29 is 4.79 Å². The molecule has 0 saturated carbocycles. The lowest BCUT2D eigenvalue weighted by molar-refractivity contribution is -0.120. The summed E-state index contributed by atoms with van der Waals surface area (Å²) in [5.41, 5.74) is 0.950. The fraction of sp³-hybridized carbons (Fsp3) is 0.667. The van der Waals surface area contributed by atoms with Gasteiger partial charge in [-0.25, -0.2) is 0 Å². The summed E-state index contributed by atoms with van der Waals surface area (Å²) in [6, 6.07) is 0. The highest BCUT2D eigenvalue weighted by molar-refractivity contribution is 5.97. The molecule has 1 nitrogen and oxygen atoms in total. The van der Waals surface area contributed by atoms with Crippen molar-refractivity contribution in [3.05, 3.63) is 11.6 Å². The van der Waals surface area contributed by atoms with Gasteiger partial charge in [-0.15, -0.1) is 0 Å². The number of allylic oxidation sites excluding steroid dienone is 2. The van der Waals surface area contributed by atoms with Gasteiger partial charge in [0.15, 0.2) is 5.78 Å². The van der Waals surface area contributed by atoms with Gasteiger partial charge >= 0.3 is 0 Å². The van der Waals surface area contributed by atoms with Crippen LogP contribution in [0.2, 0.25) is 0 Å². The van der Waals surface area contributed by atoms with Crippen molar-refractivity contribution in [3.8, 4) is 0 Å². The lowest BCUT2D eigenvalue weighted by Crippen LogP contribution is -2.23. The average molecular weight is 138 g/mol. The third-order valence-corrected chi connectivity index (χ3v) is 2.45. The number of hydrogen-bond acceptors (Lipinski definition) is 1. The van der Waals surface area contributed by atoms with Crippen molar-refractivity contribution in [2.45, 2.75) is 27.2 Å². The highest BCUT2D eigenvalue weighted by atomic mass is 16.1. The number of ketones is 1. The molecule has 0 fully saturated rings. The molecule has 1 rings (SSSR count). The first kappa shape index (κ1) is 7.52. The van der Waals surface area contributed by atoms with Crippen molar-refractivity contribution in [3.63, 3.8) is 0 Å². The second-order valence-electron chi connectivity index (χ2n) is 3.25. The summed E-state index contributed by atoms with van der Waals surface area (Å²) in [7, 11) is 0. The van der Waals surface area contributed by atoms with Crippen LogP contribution in [0.5, 0.6) is 0 Å². The smallest absolute Gasteiger partial charge is 0.161 e. The predicted molar refractivity (Wildman–Crippen MR) is 41.7 cm³/mol. The quantitative estimate of drug-likeness (QED) is 0.501. The van der Waals surface area contributed by atoms with Crippen molar-refractivity contribution in [2.75, 3.05) is 0 Å². The fourth-order valence-electron chi connectivity index (χ4n) is 1.28. The Balaban J connectivity index is 2.81.